The Morgan fingerprint density at radius 2 is 2.13 bits per heavy atom. The number of benzene rings is 1. The number of carbonyl (C=O) groups is 1. The van der Waals surface area contributed by atoms with E-state index in [1.165, 1.54) is 0 Å². The van der Waals surface area contributed by atoms with Crippen molar-refractivity contribution in [3.05, 3.63) is 42.6 Å². The minimum atomic E-state index is 0. The van der Waals surface area contributed by atoms with Gasteiger partial charge in [0.1, 0.15) is 5.75 Å². The van der Waals surface area contributed by atoms with Gasteiger partial charge in [0.2, 0.25) is 11.8 Å². The lowest BCUT2D eigenvalue weighted by molar-refractivity contribution is -0.119. The zero-order chi connectivity index (χ0) is 14.5. The summed E-state index contributed by atoms with van der Waals surface area (Å²) in [5.41, 5.74) is 0.716. The first-order valence-corrected chi connectivity index (χ1v) is 6.88. The van der Waals surface area contributed by atoms with E-state index in [4.69, 9.17) is 4.74 Å². The first kappa shape index (κ1) is 19.2. The second-order valence-corrected chi connectivity index (χ2v) is 4.87. The Hall–Kier alpha value is -1.89. The number of aromatic nitrogens is 2. The standard InChI is InChI=1S/C15H16N4O2.2ClH/c20-15(11-6-8-16-10-11)18-12-3-1-4-13(9-12)21-14-5-2-7-17-19-14;;/h1-5,7,9,11,16H,6,8,10H2,(H,18,20);2*1H. The van der Waals surface area contributed by atoms with E-state index < -0.39 is 0 Å². The lowest BCUT2D eigenvalue weighted by Gasteiger charge is -2.11. The molecule has 1 aliphatic heterocycles. The van der Waals surface area contributed by atoms with E-state index in [1.54, 1.807) is 24.4 Å². The summed E-state index contributed by atoms with van der Waals surface area (Å²) in [6.45, 7) is 1.63. The van der Waals surface area contributed by atoms with Gasteiger partial charge >= 0.3 is 0 Å². The highest BCUT2D eigenvalue weighted by atomic mass is 35.5. The van der Waals surface area contributed by atoms with E-state index in [1.807, 2.05) is 18.2 Å². The zero-order valence-electron chi connectivity index (χ0n) is 12.3. The van der Waals surface area contributed by atoms with Crippen LogP contribution >= 0.6 is 24.8 Å². The molecular weight excluding hydrogens is 339 g/mol. The quantitative estimate of drug-likeness (QED) is 0.880. The summed E-state index contributed by atoms with van der Waals surface area (Å²) in [6, 6.07) is 10.7. The fourth-order valence-electron chi connectivity index (χ4n) is 2.22. The van der Waals surface area contributed by atoms with Crippen LogP contribution in [0.3, 0.4) is 0 Å². The number of ether oxygens (including phenoxy) is 1. The second-order valence-electron chi connectivity index (χ2n) is 4.87. The largest absolute Gasteiger partial charge is 0.437 e. The van der Waals surface area contributed by atoms with Crippen LogP contribution in [0.1, 0.15) is 6.42 Å². The highest BCUT2D eigenvalue weighted by Gasteiger charge is 2.22. The van der Waals surface area contributed by atoms with Gasteiger partial charge in [-0.3, -0.25) is 4.79 Å². The number of hydrogen-bond acceptors (Lipinski definition) is 5. The number of nitrogens with zero attached hydrogens (tertiary/aromatic N) is 2. The van der Waals surface area contributed by atoms with Gasteiger partial charge in [0.15, 0.2) is 0 Å². The van der Waals surface area contributed by atoms with Gasteiger partial charge in [-0.05, 0) is 31.2 Å². The molecule has 0 aliphatic carbocycles. The third-order valence-electron chi connectivity index (χ3n) is 3.30. The normalized spacial score (nSPS) is 15.9. The molecule has 2 heterocycles. The van der Waals surface area contributed by atoms with Gasteiger partial charge in [-0.1, -0.05) is 6.07 Å². The van der Waals surface area contributed by atoms with E-state index in [0.717, 1.165) is 19.5 Å². The lowest BCUT2D eigenvalue weighted by Crippen LogP contribution is -2.24. The van der Waals surface area contributed by atoms with Gasteiger partial charge in [0.25, 0.3) is 0 Å². The fraction of sp³-hybridized carbons (Fsp3) is 0.267. The van der Waals surface area contributed by atoms with Crippen LogP contribution in [0.2, 0.25) is 0 Å². The monoisotopic (exact) mass is 356 g/mol. The maximum absolute atomic E-state index is 12.1. The van der Waals surface area contributed by atoms with Gasteiger partial charge in [0.05, 0.1) is 5.92 Å². The SMILES string of the molecule is Cl.Cl.O=C(Nc1cccc(Oc2cccnn2)c1)C1CCNC1. The molecule has 2 aromatic rings. The Morgan fingerprint density at radius 3 is 2.83 bits per heavy atom. The summed E-state index contributed by atoms with van der Waals surface area (Å²) in [7, 11) is 0. The fourth-order valence-corrected chi connectivity index (χ4v) is 2.22. The predicted octanol–water partition coefficient (Wildman–Crippen LogP) is 2.66. The average molecular weight is 357 g/mol. The third-order valence-corrected chi connectivity index (χ3v) is 3.30. The molecule has 6 nitrogen and oxygen atoms in total. The molecular formula is C15H18Cl2N4O2. The number of carbonyl (C=O) groups excluding carboxylic acids is 1. The molecule has 2 N–H and O–H groups in total. The Morgan fingerprint density at radius 1 is 1.26 bits per heavy atom. The molecule has 8 heteroatoms. The van der Waals surface area contributed by atoms with Gasteiger partial charge in [-0.15, -0.1) is 29.9 Å². The molecule has 0 bridgehead atoms. The van der Waals surface area contributed by atoms with Crippen molar-refractivity contribution in [2.45, 2.75) is 6.42 Å². The van der Waals surface area contributed by atoms with Crippen LogP contribution in [0, 0.1) is 5.92 Å². The molecule has 1 fully saturated rings. The Kier molecular flexibility index (Phi) is 7.74. The first-order valence-electron chi connectivity index (χ1n) is 6.88. The van der Waals surface area contributed by atoms with E-state index in [0.29, 0.717) is 17.3 Å². The summed E-state index contributed by atoms with van der Waals surface area (Å²) in [4.78, 5) is 12.1. The van der Waals surface area contributed by atoms with Gasteiger partial charge in [0, 0.05) is 30.6 Å². The van der Waals surface area contributed by atoms with Crippen molar-refractivity contribution in [3.8, 4) is 11.6 Å². The molecule has 23 heavy (non-hydrogen) atoms. The van der Waals surface area contributed by atoms with Crippen molar-refractivity contribution in [3.63, 3.8) is 0 Å². The number of rotatable bonds is 4. The second kappa shape index (κ2) is 9.29. The van der Waals surface area contributed by atoms with Crippen molar-refractivity contribution in [2.75, 3.05) is 18.4 Å². The van der Waals surface area contributed by atoms with Crippen LogP contribution in [0.5, 0.6) is 11.6 Å². The summed E-state index contributed by atoms with van der Waals surface area (Å²) in [5, 5.41) is 13.7. The van der Waals surface area contributed by atoms with Crippen LogP contribution < -0.4 is 15.4 Å². The van der Waals surface area contributed by atoms with Crippen LogP contribution in [0.15, 0.2) is 42.6 Å². The van der Waals surface area contributed by atoms with Crippen LogP contribution in [-0.4, -0.2) is 29.2 Å². The maximum atomic E-state index is 12.1. The maximum Gasteiger partial charge on any atom is 0.238 e. The van der Waals surface area contributed by atoms with Crippen molar-refractivity contribution < 1.29 is 9.53 Å². The smallest absolute Gasteiger partial charge is 0.238 e. The number of nitrogens with one attached hydrogen (secondary N) is 2. The molecule has 1 amide bonds. The van der Waals surface area contributed by atoms with Crippen molar-refractivity contribution in [2.24, 2.45) is 5.92 Å². The molecule has 1 aliphatic rings. The van der Waals surface area contributed by atoms with Crippen LogP contribution in [-0.2, 0) is 4.79 Å². The topological polar surface area (TPSA) is 76.1 Å². The molecule has 1 atom stereocenters. The molecule has 0 saturated carbocycles. The van der Waals surface area contributed by atoms with Crippen molar-refractivity contribution >= 4 is 36.4 Å². The molecule has 1 aromatic carbocycles. The lowest BCUT2D eigenvalue weighted by atomic mass is 10.1. The van der Waals surface area contributed by atoms with E-state index in [9.17, 15) is 4.79 Å². The van der Waals surface area contributed by atoms with Crippen LogP contribution in [0.4, 0.5) is 5.69 Å². The molecule has 0 radical (unpaired) electrons. The Labute approximate surface area is 146 Å². The minimum Gasteiger partial charge on any atom is -0.437 e. The van der Waals surface area contributed by atoms with E-state index in [2.05, 4.69) is 20.8 Å². The van der Waals surface area contributed by atoms with Gasteiger partial charge in [-0.2, -0.15) is 5.10 Å². The highest BCUT2D eigenvalue weighted by molar-refractivity contribution is 5.93. The number of amides is 1. The summed E-state index contributed by atoms with van der Waals surface area (Å²) < 4.78 is 5.59. The Bertz CT molecular complexity index is 622. The molecule has 1 saturated heterocycles. The van der Waals surface area contributed by atoms with Gasteiger partial charge in [-0.25, -0.2) is 0 Å². The molecule has 124 valence electrons. The minimum absolute atomic E-state index is 0. The number of halogens is 2. The zero-order valence-corrected chi connectivity index (χ0v) is 13.9. The third kappa shape index (κ3) is 5.35. The van der Waals surface area contributed by atoms with Crippen LogP contribution in [0.25, 0.3) is 0 Å². The van der Waals surface area contributed by atoms with Gasteiger partial charge < -0.3 is 15.4 Å². The molecule has 0 spiro atoms. The van der Waals surface area contributed by atoms with Crippen molar-refractivity contribution in [1.82, 2.24) is 15.5 Å². The van der Waals surface area contributed by atoms with Crippen molar-refractivity contribution in [1.29, 1.82) is 0 Å². The Balaban J connectivity index is 0.00000132. The number of anilines is 1. The average Bonchev–Trinajstić information content (AvgIpc) is 3.03. The first-order chi connectivity index (χ1) is 10.3. The molecule has 1 aromatic heterocycles. The highest BCUT2D eigenvalue weighted by Crippen LogP contribution is 2.23. The number of hydrogen-bond donors (Lipinski definition) is 2. The summed E-state index contributed by atoms with van der Waals surface area (Å²) >= 11 is 0. The van der Waals surface area contributed by atoms with E-state index >= 15 is 0 Å². The van der Waals surface area contributed by atoms with E-state index in [-0.39, 0.29) is 36.6 Å². The summed E-state index contributed by atoms with van der Waals surface area (Å²) in [5.74, 6) is 1.10. The molecule has 1 unspecified atom stereocenters. The molecule has 3 rings (SSSR count). The predicted molar refractivity (Wildman–Crippen MR) is 92.7 cm³/mol. The summed E-state index contributed by atoms with van der Waals surface area (Å²) in [6.07, 6.45) is 2.46.